The van der Waals surface area contributed by atoms with Crippen molar-refractivity contribution in [2.24, 2.45) is 0 Å². The fraction of sp³-hybridized carbons (Fsp3) is 0.353. The van der Waals surface area contributed by atoms with Crippen molar-refractivity contribution in [3.8, 4) is 0 Å². The number of fused-ring (bicyclic) bond motifs is 1. The molecule has 2 aromatic rings. The predicted molar refractivity (Wildman–Crippen MR) is 76.1 cm³/mol. The first-order valence-electron chi connectivity index (χ1n) is 6.99. The smallest absolute Gasteiger partial charge is 0.0649 e. The Balaban J connectivity index is 1.80. The van der Waals surface area contributed by atoms with Gasteiger partial charge < -0.3 is 5.11 Å². The second-order valence-corrected chi connectivity index (χ2v) is 5.32. The van der Waals surface area contributed by atoms with Crippen LogP contribution < -0.4 is 0 Å². The van der Waals surface area contributed by atoms with E-state index in [1.165, 1.54) is 17.5 Å². The molecule has 1 aliphatic rings. The third-order valence-electron chi connectivity index (χ3n) is 4.07. The molecule has 0 saturated carbocycles. The molecule has 98 valence electrons. The zero-order valence-corrected chi connectivity index (χ0v) is 11.0. The molecule has 0 spiro atoms. The van der Waals surface area contributed by atoms with Crippen molar-refractivity contribution in [3.05, 3.63) is 65.5 Å². The molecule has 0 aliphatic heterocycles. The Kier molecular flexibility index (Phi) is 3.60. The summed E-state index contributed by atoms with van der Waals surface area (Å²) in [5.74, 6) is 0.276. The summed E-state index contributed by atoms with van der Waals surface area (Å²) in [5, 5.41) is 10.6. The average molecular weight is 253 g/mol. The Bertz CT molecular complexity index is 538. The summed E-state index contributed by atoms with van der Waals surface area (Å²) in [6.07, 6.45) is 7.39. The zero-order valence-electron chi connectivity index (χ0n) is 11.0. The van der Waals surface area contributed by atoms with Crippen molar-refractivity contribution < 1.29 is 5.11 Å². The fourth-order valence-corrected chi connectivity index (χ4v) is 3.09. The number of aliphatic hydroxyl groups excluding tert-OH is 1. The Labute approximate surface area is 114 Å². The Morgan fingerprint density at radius 2 is 1.95 bits per heavy atom. The third-order valence-corrected chi connectivity index (χ3v) is 4.07. The van der Waals surface area contributed by atoms with Gasteiger partial charge >= 0.3 is 0 Å². The Morgan fingerprint density at radius 3 is 2.79 bits per heavy atom. The molecule has 2 unspecified atom stereocenters. The molecule has 0 bridgehead atoms. The van der Waals surface area contributed by atoms with Crippen LogP contribution in [0.4, 0.5) is 0 Å². The lowest BCUT2D eigenvalue weighted by molar-refractivity contribution is 0.134. The van der Waals surface area contributed by atoms with Crippen LogP contribution in [-0.2, 0) is 12.8 Å². The monoisotopic (exact) mass is 253 g/mol. The van der Waals surface area contributed by atoms with Crippen molar-refractivity contribution in [2.75, 3.05) is 0 Å². The number of nitrogens with zero attached hydrogens (tertiary/aromatic N) is 1. The predicted octanol–water partition coefficient (Wildman–Crippen LogP) is 3.11. The number of hydrogen-bond donors (Lipinski definition) is 1. The molecule has 1 aliphatic carbocycles. The van der Waals surface area contributed by atoms with Crippen LogP contribution >= 0.6 is 0 Å². The van der Waals surface area contributed by atoms with E-state index in [4.69, 9.17) is 0 Å². The van der Waals surface area contributed by atoms with Gasteiger partial charge in [0.15, 0.2) is 0 Å². The van der Waals surface area contributed by atoms with Crippen LogP contribution in [0.1, 0.15) is 35.4 Å². The van der Waals surface area contributed by atoms with Crippen molar-refractivity contribution in [1.29, 1.82) is 0 Å². The zero-order chi connectivity index (χ0) is 13.1. The van der Waals surface area contributed by atoms with Gasteiger partial charge in [0.1, 0.15) is 0 Å². The minimum atomic E-state index is -0.302. The maximum absolute atomic E-state index is 10.6. The highest BCUT2D eigenvalue weighted by atomic mass is 16.3. The van der Waals surface area contributed by atoms with Gasteiger partial charge in [0.25, 0.3) is 0 Å². The van der Waals surface area contributed by atoms with Gasteiger partial charge in [-0.25, -0.2) is 0 Å². The topological polar surface area (TPSA) is 33.1 Å². The van der Waals surface area contributed by atoms with Crippen molar-refractivity contribution in [1.82, 2.24) is 4.98 Å². The van der Waals surface area contributed by atoms with E-state index in [-0.39, 0.29) is 12.0 Å². The largest absolute Gasteiger partial charge is 0.392 e. The molecule has 0 amide bonds. The average Bonchev–Trinajstić information content (AvgIpc) is 2.47. The summed E-state index contributed by atoms with van der Waals surface area (Å²) in [5.41, 5.74) is 3.91. The lowest BCUT2D eigenvalue weighted by Gasteiger charge is -2.29. The fourth-order valence-electron chi connectivity index (χ4n) is 3.09. The van der Waals surface area contributed by atoms with E-state index in [1.807, 2.05) is 12.1 Å². The quantitative estimate of drug-likeness (QED) is 0.911. The van der Waals surface area contributed by atoms with Crippen LogP contribution in [0, 0.1) is 0 Å². The van der Waals surface area contributed by atoms with Gasteiger partial charge in [0.05, 0.1) is 6.10 Å². The van der Waals surface area contributed by atoms with Gasteiger partial charge in [-0.05, 0) is 54.5 Å². The summed E-state index contributed by atoms with van der Waals surface area (Å²) in [4.78, 5) is 4.02. The number of benzene rings is 1. The molecular weight excluding hydrogens is 234 g/mol. The molecule has 3 rings (SSSR count). The molecule has 2 atom stereocenters. The lowest BCUT2D eigenvalue weighted by atomic mass is 9.78. The van der Waals surface area contributed by atoms with E-state index in [0.717, 1.165) is 18.4 Å². The number of aliphatic hydroxyl groups is 1. The standard InChI is InChI=1S/C17H19NO/c19-17(12-13-8-10-18-11-9-13)16-7-3-5-14-4-1-2-6-15(14)16/h1-2,4,6,8-11,16-17,19H,3,5,7,12H2. The highest BCUT2D eigenvalue weighted by molar-refractivity contribution is 5.33. The van der Waals surface area contributed by atoms with Crippen LogP contribution in [0.2, 0.25) is 0 Å². The first kappa shape index (κ1) is 12.4. The van der Waals surface area contributed by atoms with E-state index < -0.39 is 0 Å². The van der Waals surface area contributed by atoms with Crippen LogP contribution in [0.3, 0.4) is 0 Å². The molecule has 1 aromatic carbocycles. The molecule has 2 nitrogen and oxygen atoms in total. The molecule has 0 radical (unpaired) electrons. The van der Waals surface area contributed by atoms with Gasteiger partial charge in [-0.2, -0.15) is 0 Å². The van der Waals surface area contributed by atoms with Crippen molar-refractivity contribution in [2.45, 2.75) is 37.7 Å². The molecule has 1 N–H and O–H groups in total. The second-order valence-electron chi connectivity index (χ2n) is 5.32. The summed E-state index contributed by atoms with van der Waals surface area (Å²) in [7, 11) is 0. The molecular formula is C17H19NO. The second kappa shape index (κ2) is 5.54. The van der Waals surface area contributed by atoms with E-state index in [0.29, 0.717) is 6.42 Å². The number of aromatic nitrogens is 1. The molecule has 0 fully saturated rings. The van der Waals surface area contributed by atoms with Crippen LogP contribution in [0.5, 0.6) is 0 Å². The number of pyridine rings is 1. The number of rotatable bonds is 3. The first-order valence-corrected chi connectivity index (χ1v) is 6.99. The van der Waals surface area contributed by atoms with Gasteiger partial charge in [-0.3, -0.25) is 4.98 Å². The SMILES string of the molecule is OC(Cc1ccncc1)C1CCCc2ccccc21. The van der Waals surface area contributed by atoms with Gasteiger partial charge in [0, 0.05) is 18.3 Å². The Hall–Kier alpha value is -1.67. The van der Waals surface area contributed by atoms with Crippen LogP contribution in [0.15, 0.2) is 48.8 Å². The molecule has 2 heteroatoms. The maximum atomic E-state index is 10.6. The van der Waals surface area contributed by atoms with Gasteiger partial charge in [0.2, 0.25) is 0 Å². The van der Waals surface area contributed by atoms with Crippen LogP contribution in [-0.4, -0.2) is 16.2 Å². The molecule has 1 aromatic heterocycles. The number of hydrogen-bond acceptors (Lipinski definition) is 2. The third kappa shape index (κ3) is 2.69. The highest BCUT2D eigenvalue weighted by Crippen LogP contribution is 2.34. The lowest BCUT2D eigenvalue weighted by Crippen LogP contribution is -2.24. The van der Waals surface area contributed by atoms with Crippen molar-refractivity contribution in [3.63, 3.8) is 0 Å². The van der Waals surface area contributed by atoms with E-state index in [1.54, 1.807) is 12.4 Å². The minimum absolute atomic E-state index is 0.276. The molecule has 19 heavy (non-hydrogen) atoms. The maximum Gasteiger partial charge on any atom is 0.0649 e. The highest BCUT2D eigenvalue weighted by Gasteiger charge is 2.26. The Morgan fingerprint density at radius 1 is 1.16 bits per heavy atom. The molecule has 0 saturated heterocycles. The normalized spacial score (nSPS) is 19.7. The minimum Gasteiger partial charge on any atom is -0.392 e. The van der Waals surface area contributed by atoms with Gasteiger partial charge in [-0.1, -0.05) is 24.3 Å². The molecule has 1 heterocycles. The summed E-state index contributed by atoms with van der Waals surface area (Å²) in [6.45, 7) is 0. The van der Waals surface area contributed by atoms with Crippen molar-refractivity contribution >= 4 is 0 Å². The van der Waals surface area contributed by atoms with E-state index in [2.05, 4.69) is 29.2 Å². The summed E-state index contributed by atoms with van der Waals surface area (Å²) < 4.78 is 0. The summed E-state index contributed by atoms with van der Waals surface area (Å²) >= 11 is 0. The van der Waals surface area contributed by atoms with E-state index >= 15 is 0 Å². The van der Waals surface area contributed by atoms with Crippen LogP contribution in [0.25, 0.3) is 0 Å². The first-order chi connectivity index (χ1) is 9.34. The summed E-state index contributed by atoms with van der Waals surface area (Å²) in [6, 6.07) is 12.5. The number of aryl methyl sites for hydroxylation is 1. The van der Waals surface area contributed by atoms with E-state index in [9.17, 15) is 5.11 Å². The van der Waals surface area contributed by atoms with Gasteiger partial charge in [-0.15, -0.1) is 0 Å².